The van der Waals surface area contributed by atoms with Crippen LogP contribution in [0.5, 0.6) is 0 Å². The molecule has 1 fully saturated rings. The summed E-state index contributed by atoms with van der Waals surface area (Å²) in [5.74, 6) is 0.651. The van der Waals surface area contributed by atoms with Crippen molar-refractivity contribution < 1.29 is 9.18 Å². The maximum absolute atomic E-state index is 13.7. The molecular weight excluding hydrogens is 373 g/mol. The van der Waals surface area contributed by atoms with E-state index in [9.17, 15) is 9.18 Å². The van der Waals surface area contributed by atoms with E-state index in [1.54, 1.807) is 27.8 Å². The SMILES string of the molecule is CN(c1ccnc(-c2cnc3ccc(F)cn23)n1)[C@@H]1CCCN(C(=O)CC#N)C1. The van der Waals surface area contributed by atoms with Gasteiger partial charge in [0.15, 0.2) is 5.82 Å². The number of fused-ring (bicyclic) bond motifs is 1. The molecule has 0 aromatic carbocycles. The maximum Gasteiger partial charge on any atom is 0.236 e. The zero-order valence-electron chi connectivity index (χ0n) is 16.0. The van der Waals surface area contributed by atoms with Crippen LogP contribution < -0.4 is 4.90 Å². The molecule has 1 atom stereocenters. The third-order valence-corrected chi connectivity index (χ3v) is 5.23. The summed E-state index contributed by atoms with van der Waals surface area (Å²) in [4.78, 5) is 29.1. The summed E-state index contributed by atoms with van der Waals surface area (Å²) in [6.45, 7) is 1.23. The molecular formula is C20H20FN7O. The van der Waals surface area contributed by atoms with Crippen LogP contribution in [0.2, 0.25) is 0 Å². The zero-order valence-corrected chi connectivity index (χ0v) is 16.0. The van der Waals surface area contributed by atoms with Crippen LogP contribution in [-0.4, -0.2) is 56.3 Å². The van der Waals surface area contributed by atoms with Gasteiger partial charge in [-0.2, -0.15) is 5.26 Å². The van der Waals surface area contributed by atoms with Crippen LogP contribution in [-0.2, 0) is 4.79 Å². The van der Waals surface area contributed by atoms with E-state index in [0.717, 1.165) is 12.8 Å². The van der Waals surface area contributed by atoms with Gasteiger partial charge in [0, 0.05) is 38.6 Å². The van der Waals surface area contributed by atoms with Crippen LogP contribution >= 0.6 is 0 Å². The van der Waals surface area contributed by atoms with E-state index in [-0.39, 0.29) is 24.2 Å². The van der Waals surface area contributed by atoms with Gasteiger partial charge in [-0.25, -0.2) is 19.3 Å². The van der Waals surface area contributed by atoms with E-state index in [2.05, 4.69) is 15.0 Å². The van der Waals surface area contributed by atoms with E-state index >= 15 is 0 Å². The number of pyridine rings is 1. The number of imidazole rings is 1. The van der Waals surface area contributed by atoms with Gasteiger partial charge in [0.25, 0.3) is 0 Å². The first-order valence-electron chi connectivity index (χ1n) is 9.40. The number of carbonyl (C=O) groups excluding carboxylic acids is 1. The summed E-state index contributed by atoms with van der Waals surface area (Å²) in [6, 6.07) is 6.78. The Balaban J connectivity index is 1.59. The minimum Gasteiger partial charge on any atom is -0.355 e. The van der Waals surface area contributed by atoms with E-state index < -0.39 is 0 Å². The van der Waals surface area contributed by atoms with Gasteiger partial charge in [-0.15, -0.1) is 0 Å². The number of rotatable bonds is 4. The molecule has 0 unspecified atom stereocenters. The third-order valence-electron chi connectivity index (χ3n) is 5.23. The lowest BCUT2D eigenvalue weighted by molar-refractivity contribution is -0.131. The first-order chi connectivity index (χ1) is 14.1. The standard InChI is InChI=1S/C20H20FN7O/c1-26(15-3-2-10-27(13-15)19(29)6-8-22)18-7-9-23-20(25-18)16-11-24-17-5-4-14(21)12-28(16)17/h4-5,7,9,11-12,15H,2-3,6,10,13H2,1H3/t15-/m1/s1. The number of aromatic nitrogens is 4. The minimum atomic E-state index is -0.366. The molecule has 3 aromatic rings. The van der Waals surface area contributed by atoms with Gasteiger partial charge in [0.2, 0.25) is 5.91 Å². The molecule has 29 heavy (non-hydrogen) atoms. The Hall–Kier alpha value is -3.54. The second kappa shape index (κ2) is 7.83. The van der Waals surface area contributed by atoms with Gasteiger partial charge in [-0.1, -0.05) is 0 Å². The van der Waals surface area contributed by atoms with Crippen LogP contribution in [0, 0.1) is 17.1 Å². The number of anilines is 1. The molecule has 8 nitrogen and oxygen atoms in total. The topological polar surface area (TPSA) is 90.4 Å². The number of hydrogen-bond donors (Lipinski definition) is 0. The average molecular weight is 393 g/mol. The van der Waals surface area contributed by atoms with Gasteiger partial charge >= 0.3 is 0 Å². The maximum atomic E-state index is 13.7. The molecule has 9 heteroatoms. The zero-order chi connectivity index (χ0) is 20.4. The smallest absolute Gasteiger partial charge is 0.236 e. The fourth-order valence-corrected chi connectivity index (χ4v) is 3.65. The second-order valence-corrected chi connectivity index (χ2v) is 7.04. The van der Waals surface area contributed by atoms with Gasteiger partial charge in [-0.05, 0) is 31.0 Å². The van der Waals surface area contributed by atoms with Crippen molar-refractivity contribution in [2.24, 2.45) is 0 Å². The highest BCUT2D eigenvalue weighted by Crippen LogP contribution is 2.23. The monoisotopic (exact) mass is 393 g/mol. The largest absolute Gasteiger partial charge is 0.355 e. The Morgan fingerprint density at radius 2 is 2.24 bits per heavy atom. The summed E-state index contributed by atoms with van der Waals surface area (Å²) in [6.07, 6.45) is 6.34. The number of carbonyl (C=O) groups is 1. The molecule has 4 heterocycles. The number of nitrogens with zero attached hydrogens (tertiary/aromatic N) is 7. The molecule has 1 aliphatic rings. The van der Waals surface area contributed by atoms with Crippen molar-refractivity contribution in [3.63, 3.8) is 0 Å². The first kappa shape index (κ1) is 18.8. The molecule has 1 aliphatic heterocycles. The Morgan fingerprint density at radius 3 is 3.07 bits per heavy atom. The van der Waals surface area contributed by atoms with Crippen molar-refractivity contribution in [1.82, 2.24) is 24.3 Å². The molecule has 0 spiro atoms. The van der Waals surface area contributed by atoms with E-state index in [1.165, 1.54) is 12.3 Å². The quantitative estimate of drug-likeness (QED) is 0.675. The normalized spacial score (nSPS) is 16.6. The fraction of sp³-hybridized carbons (Fsp3) is 0.350. The number of hydrogen-bond acceptors (Lipinski definition) is 6. The summed E-state index contributed by atoms with van der Waals surface area (Å²) >= 11 is 0. The molecule has 0 radical (unpaired) electrons. The minimum absolute atomic E-state index is 0.0915. The Kier molecular flexibility index (Phi) is 5.08. The van der Waals surface area contributed by atoms with Crippen LogP contribution in [0.3, 0.4) is 0 Å². The highest BCUT2D eigenvalue weighted by atomic mass is 19.1. The predicted molar refractivity (Wildman–Crippen MR) is 104 cm³/mol. The Bertz CT molecular complexity index is 1090. The van der Waals surface area contributed by atoms with Crippen molar-refractivity contribution in [3.05, 3.63) is 42.6 Å². The molecule has 0 aliphatic carbocycles. The summed E-state index contributed by atoms with van der Waals surface area (Å²) in [5, 5.41) is 8.78. The van der Waals surface area contributed by atoms with Gasteiger partial charge in [0.05, 0.1) is 12.3 Å². The third kappa shape index (κ3) is 3.74. The van der Waals surface area contributed by atoms with Crippen molar-refractivity contribution in [2.75, 3.05) is 25.0 Å². The lowest BCUT2D eigenvalue weighted by Gasteiger charge is -2.38. The molecule has 148 valence electrons. The molecule has 3 aromatic heterocycles. The lowest BCUT2D eigenvalue weighted by atomic mass is 10.0. The number of piperidine rings is 1. The highest BCUT2D eigenvalue weighted by Gasteiger charge is 2.27. The lowest BCUT2D eigenvalue weighted by Crippen LogP contribution is -2.48. The molecule has 4 rings (SSSR count). The summed E-state index contributed by atoms with van der Waals surface area (Å²) in [7, 11) is 1.93. The molecule has 0 bridgehead atoms. The average Bonchev–Trinajstić information content (AvgIpc) is 3.16. The van der Waals surface area contributed by atoms with E-state index in [0.29, 0.717) is 36.1 Å². The molecule has 0 saturated carbocycles. The van der Waals surface area contributed by atoms with Crippen molar-refractivity contribution in [3.8, 4) is 17.6 Å². The number of amides is 1. The number of likely N-dealkylation sites (tertiary alicyclic amines) is 1. The van der Waals surface area contributed by atoms with Gasteiger partial charge in [0.1, 0.15) is 29.4 Å². The van der Waals surface area contributed by atoms with Crippen LogP contribution in [0.4, 0.5) is 10.2 Å². The van der Waals surface area contributed by atoms with Crippen molar-refractivity contribution in [1.29, 1.82) is 5.26 Å². The number of halogens is 1. The Morgan fingerprint density at radius 1 is 1.38 bits per heavy atom. The van der Waals surface area contributed by atoms with E-state index in [1.807, 2.05) is 24.1 Å². The van der Waals surface area contributed by atoms with Crippen molar-refractivity contribution >= 4 is 17.4 Å². The van der Waals surface area contributed by atoms with Crippen LogP contribution in [0.15, 0.2) is 36.8 Å². The fourth-order valence-electron chi connectivity index (χ4n) is 3.65. The number of nitriles is 1. The van der Waals surface area contributed by atoms with Gasteiger partial charge in [-0.3, -0.25) is 9.20 Å². The first-order valence-corrected chi connectivity index (χ1v) is 9.40. The summed E-state index contributed by atoms with van der Waals surface area (Å²) in [5.41, 5.74) is 1.21. The second-order valence-electron chi connectivity index (χ2n) is 7.04. The highest BCUT2D eigenvalue weighted by molar-refractivity contribution is 5.78. The van der Waals surface area contributed by atoms with Crippen molar-refractivity contribution in [2.45, 2.75) is 25.3 Å². The molecule has 0 N–H and O–H groups in total. The predicted octanol–water partition coefficient (Wildman–Crippen LogP) is 2.27. The number of likely N-dealkylation sites (N-methyl/N-ethyl adjacent to an activating group) is 1. The Labute approximate surface area is 167 Å². The molecule has 1 amide bonds. The summed E-state index contributed by atoms with van der Waals surface area (Å²) < 4.78 is 15.3. The van der Waals surface area contributed by atoms with E-state index in [4.69, 9.17) is 5.26 Å². The van der Waals surface area contributed by atoms with Crippen LogP contribution in [0.1, 0.15) is 19.3 Å². The van der Waals surface area contributed by atoms with Crippen LogP contribution in [0.25, 0.3) is 17.2 Å². The van der Waals surface area contributed by atoms with Gasteiger partial charge < -0.3 is 9.80 Å². The molecule has 1 saturated heterocycles.